The second kappa shape index (κ2) is 7.96. The molecule has 3 aromatic rings. The van der Waals surface area contributed by atoms with Crippen LogP contribution < -0.4 is 0 Å². The summed E-state index contributed by atoms with van der Waals surface area (Å²) < 4.78 is 15.5. The molecule has 0 aliphatic heterocycles. The van der Waals surface area contributed by atoms with Crippen molar-refractivity contribution in [1.82, 2.24) is 4.57 Å². The maximum atomic E-state index is 13.8. The molecule has 26 heavy (non-hydrogen) atoms. The third-order valence-corrected chi connectivity index (χ3v) is 5.70. The molecule has 0 aliphatic rings. The quantitative estimate of drug-likeness (QED) is 0.576. The monoisotopic (exact) mass is 371 g/mol. The van der Waals surface area contributed by atoms with Crippen LogP contribution in [0.25, 0.3) is 10.9 Å². The maximum Gasteiger partial charge on any atom is 0.323 e. The average Bonchev–Trinajstić information content (AvgIpc) is 2.86. The molecule has 3 nitrogen and oxygen atoms in total. The first-order valence-electron chi connectivity index (χ1n) is 8.70. The molecule has 0 saturated heterocycles. The zero-order chi connectivity index (χ0) is 18.7. The third kappa shape index (κ3) is 3.93. The summed E-state index contributed by atoms with van der Waals surface area (Å²) in [7, 11) is 0. The van der Waals surface area contributed by atoms with Gasteiger partial charge in [0.25, 0.3) is 0 Å². The van der Waals surface area contributed by atoms with Crippen molar-refractivity contribution in [2.75, 3.05) is 5.75 Å². The van der Waals surface area contributed by atoms with Crippen LogP contribution in [0.3, 0.4) is 0 Å². The predicted molar refractivity (Wildman–Crippen MR) is 105 cm³/mol. The molecule has 1 aromatic heterocycles. The first kappa shape index (κ1) is 18.5. The van der Waals surface area contributed by atoms with Gasteiger partial charge in [-0.2, -0.15) is 0 Å². The second-order valence-electron chi connectivity index (χ2n) is 6.37. The highest BCUT2D eigenvalue weighted by atomic mass is 32.2. The number of carboxylic acid groups (broad SMARTS) is 1. The Morgan fingerprint density at radius 3 is 2.58 bits per heavy atom. The Balaban J connectivity index is 1.97. The van der Waals surface area contributed by atoms with Crippen LogP contribution in [0.5, 0.6) is 0 Å². The molecule has 1 heterocycles. The Morgan fingerprint density at radius 2 is 1.92 bits per heavy atom. The molecule has 0 aliphatic carbocycles. The number of hydrogen-bond acceptors (Lipinski definition) is 2. The summed E-state index contributed by atoms with van der Waals surface area (Å²) in [4.78, 5) is 12.5. The SMILES string of the molecule is CCCSc1ccc(Cc2c(C)n(CC(=O)O)c3ccc(F)cc23)cc1. The van der Waals surface area contributed by atoms with E-state index < -0.39 is 5.97 Å². The van der Waals surface area contributed by atoms with E-state index >= 15 is 0 Å². The van der Waals surface area contributed by atoms with E-state index in [1.165, 1.54) is 17.0 Å². The van der Waals surface area contributed by atoms with E-state index in [1.54, 1.807) is 10.6 Å². The normalized spacial score (nSPS) is 11.2. The topological polar surface area (TPSA) is 42.2 Å². The van der Waals surface area contributed by atoms with E-state index in [0.717, 1.165) is 39.9 Å². The average molecular weight is 371 g/mol. The van der Waals surface area contributed by atoms with Crippen LogP contribution in [0.15, 0.2) is 47.4 Å². The molecule has 0 fully saturated rings. The number of thioether (sulfide) groups is 1. The summed E-state index contributed by atoms with van der Waals surface area (Å²) in [5, 5.41) is 9.99. The number of carbonyl (C=O) groups is 1. The summed E-state index contributed by atoms with van der Waals surface area (Å²) in [5.41, 5.74) is 3.75. The van der Waals surface area contributed by atoms with Gasteiger partial charge in [-0.05, 0) is 67.0 Å². The minimum absolute atomic E-state index is 0.124. The van der Waals surface area contributed by atoms with Gasteiger partial charge in [0.1, 0.15) is 12.4 Å². The first-order chi connectivity index (χ1) is 12.5. The molecule has 0 bridgehead atoms. The number of carboxylic acids is 1. The van der Waals surface area contributed by atoms with Crippen LogP contribution in [0.1, 0.15) is 30.2 Å². The molecule has 1 N–H and O–H groups in total. The van der Waals surface area contributed by atoms with Gasteiger partial charge in [0.2, 0.25) is 0 Å². The largest absolute Gasteiger partial charge is 0.480 e. The highest BCUT2D eigenvalue weighted by molar-refractivity contribution is 7.99. The van der Waals surface area contributed by atoms with Crippen molar-refractivity contribution in [2.45, 2.75) is 38.1 Å². The molecule has 0 unspecified atom stereocenters. The lowest BCUT2D eigenvalue weighted by Gasteiger charge is -2.07. The van der Waals surface area contributed by atoms with Crippen LogP contribution in [-0.2, 0) is 17.8 Å². The number of fused-ring (bicyclic) bond motifs is 1. The van der Waals surface area contributed by atoms with Gasteiger partial charge < -0.3 is 9.67 Å². The Morgan fingerprint density at radius 1 is 1.19 bits per heavy atom. The molecule has 136 valence electrons. The van der Waals surface area contributed by atoms with Crippen molar-refractivity contribution in [3.63, 3.8) is 0 Å². The summed E-state index contributed by atoms with van der Waals surface area (Å²) in [5.74, 6) is -0.115. The molecule has 3 rings (SSSR count). The molecule has 0 amide bonds. The molecule has 5 heteroatoms. The molecule has 0 radical (unpaired) electrons. The lowest BCUT2D eigenvalue weighted by atomic mass is 10.0. The minimum Gasteiger partial charge on any atom is -0.480 e. The Hall–Kier alpha value is -2.27. The standard InChI is InChI=1S/C21H22FNO2S/c1-3-10-26-17-7-4-15(5-8-17)11-18-14(2)23(13-21(24)25)20-9-6-16(22)12-19(18)20/h4-9,12H,3,10-11,13H2,1-2H3,(H,24,25). The van der Waals surface area contributed by atoms with Crippen LogP contribution >= 0.6 is 11.8 Å². The predicted octanol–water partition coefficient (Wildman–Crippen LogP) is 5.27. The Kier molecular flexibility index (Phi) is 5.67. The van der Waals surface area contributed by atoms with E-state index in [0.29, 0.717) is 6.42 Å². The van der Waals surface area contributed by atoms with Crippen LogP contribution in [0.4, 0.5) is 4.39 Å². The van der Waals surface area contributed by atoms with E-state index in [1.807, 2.05) is 18.7 Å². The number of nitrogens with zero attached hydrogens (tertiary/aromatic N) is 1. The van der Waals surface area contributed by atoms with Crippen molar-refractivity contribution in [3.05, 3.63) is 65.1 Å². The lowest BCUT2D eigenvalue weighted by Crippen LogP contribution is -2.10. The van der Waals surface area contributed by atoms with Gasteiger partial charge in [-0.25, -0.2) is 4.39 Å². The smallest absolute Gasteiger partial charge is 0.323 e. The van der Waals surface area contributed by atoms with Gasteiger partial charge in [0.15, 0.2) is 0 Å². The number of rotatable bonds is 7. The Bertz CT molecular complexity index is 931. The molecule has 0 saturated carbocycles. The van der Waals surface area contributed by atoms with E-state index in [2.05, 4.69) is 31.2 Å². The van der Waals surface area contributed by atoms with Gasteiger partial charge in [0.05, 0.1) is 0 Å². The van der Waals surface area contributed by atoms with Gasteiger partial charge in [-0.15, -0.1) is 11.8 Å². The van der Waals surface area contributed by atoms with Gasteiger partial charge >= 0.3 is 5.97 Å². The first-order valence-corrected chi connectivity index (χ1v) is 9.69. The van der Waals surface area contributed by atoms with E-state index in [9.17, 15) is 14.3 Å². The molecule has 0 spiro atoms. The molecule has 0 atom stereocenters. The number of hydrogen-bond donors (Lipinski definition) is 1. The third-order valence-electron chi connectivity index (χ3n) is 4.49. The number of aromatic nitrogens is 1. The fraction of sp³-hybridized carbons (Fsp3) is 0.286. The van der Waals surface area contributed by atoms with Crippen LogP contribution in [0.2, 0.25) is 0 Å². The van der Waals surface area contributed by atoms with E-state index in [4.69, 9.17) is 0 Å². The number of benzene rings is 2. The number of halogens is 1. The van der Waals surface area contributed by atoms with Crippen molar-refractivity contribution in [3.8, 4) is 0 Å². The van der Waals surface area contributed by atoms with Gasteiger partial charge in [-0.1, -0.05) is 19.1 Å². The molecular formula is C21H22FNO2S. The maximum absolute atomic E-state index is 13.8. The zero-order valence-corrected chi connectivity index (χ0v) is 15.8. The minimum atomic E-state index is -0.904. The summed E-state index contributed by atoms with van der Waals surface area (Å²) >= 11 is 1.84. The summed E-state index contributed by atoms with van der Waals surface area (Å²) in [6, 6.07) is 13.0. The highest BCUT2D eigenvalue weighted by Gasteiger charge is 2.16. The lowest BCUT2D eigenvalue weighted by molar-refractivity contribution is -0.137. The van der Waals surface area contributed by atoms with Crippen molar-refractivity contribution >= 4 is 28.6 Å². The van der Waals surface area contributed by atoms with Crippen molar-refractivity contribution in [1.29, 1.82) is 0 Å². The second-order valence-corrected chi connectivity index (χ2v) is 7.54. The molecule has 2 aromatic carbocycles. The number of aliphatic carboxylic acids is 1. The fourth-order valence-electron chi connectivity index (χ4n) is 3.21. The highest BCUT2D eigenvalue weighted by Crippen LogP contribution is 2.29. The molecular weight excluding hydrogens is 349 g/mol. The Labute approximate surface area is 156 Å². The summed E-state index contributed by atoms with van der Waals surface area (Å²) in [6.45, 7) is 3.94. The summed E-state index contributed by atoms with van der Waals surface area (Å²) in [6.07, 6.45) is 1.79. The van der Waals surface area contributed by atoms with Crippen molar-refractivity contribution in [2.24, 2.45) is 0 Å². The zero-order valence-electron chi connectivity index (χ0n) is 15.0. The van der Waals surface area contributed by atoms with Gasteiger partial charge in [0, 0.05) is 21.5 Å². The van der Waals surface area contributed by atoms with Crippen molar-refractivity contribution < 1.29 is 14.3 Å². The van der Waals surface area contributed by atoms with Crippen LogP contribution in [-0.4, -0.2) is 21.4 Å². The van der Waals surface area contributed by atoms with Crippen LogP contribution in [0, 0.1) is 12.7 Å². The fourth-order valence-corrected chi connectivity index (χ4v) is 3.98. The van der Waals surface area contributed by atoms with Gasteiger partial charge in [-0.3, -0.25) is 4.79 Å². The van der Waals surface area contributed by atoms with E-state index in [-0.39, 0.29) is 12.4 Å².